The molecule has 3 aromatic carbocycles. The monoisotopic (exact) mass is 424 g/mol. The number of likely N-dealkylation sites (N-methyl/N-ethyl adjacent to an activating group) is 1. The Kier molecular flexibility index (Phi) is 6.58. The maximum absolute atomic E-state index is 12.6. The predicted octanol–water partition coefficient (Wildman–Crippen LogP) is 4.11. The van der Waals surface area contributed by atoms with Gasteiger partial charge in [0.25, 0.3) is 0 Å². The van der Waals surface area contributed by atoms with E-state index in [9.17, 15) is 13.2 Å². The molecule has 0 aliphatic carbocycles. The lowest BCUT2D eigenvalue weighted by Gasteiger charge is -2.25. The van der Waals surface area contributed by atoms with Gasteiger partial charge in [-0.1, -0.05) is 48.5 Å². The molecule has 0 radical (unpaired) electrons. The van der Waals surface area contributed by atoms with Crippen LogP contribution >= 0.6 is 0 Å². The van der Waals surface area contributed by atoms with Gasteiger partial charge in [0.15, 0.2) is 9.84 Å². The quantitative estimate of drug-likeness (QED) is 0.620. The van der Waals surface area contributed by atoms with E-state index >= 15 is 0 Å². The van der Waals surface area contributed by atoms with E-state index < -0.39 is 9.84 Å². The first-order valence-corrected chi connectivity index (χ1v) is 11.8. The minimum absolute atomic E-state index is 0.0275. The molecule has 0 saturated carbocycles. The van der Waals surface area contributed by atoms with Crippen molar-refractivity contribution in [2.75, 3.05) is 19.8 Å². The van der Waals surface area contributed by atoms with Crippen LogP contribution in [0.5, 0.6) is 0 Å². The first-order valence-electron chi connectivity index (χ1n) is 9.93. The van der Waals surface area contributed by atoms with E-state index in [0.717, 1.165) is 16.5 Å². The maximum atomic E-state index is 12.6. The van der Waals surface area contributed by atoms with Gasteiger partial charge >= 0.3 is 0 Å². The summed E-state index contributed by atoms with van der Waals surface area (Å²) in [5, 5.41) is 5.40. The second kappa shape index (κ2) is 8.98. The van der Waals surface area contributed by atoms with Crippen LogP contribution in [-0.4, -0.2) is 39.1 Å². The molecule has 158 valence electrons. The summed E-state index contributed by atoms with van der Waals surface area (Å²) in [6, 6.07) is 21.1. The van der Waals surface area contributed by atoms with Gasteiger partial charge in [-0.2, -0.15) is 0 Å². The molecule has 5 nitrogen and oxygen atoms in total. The molecule has 0 aliphatic rings. The van der Waals surface area contributed by atoms with Gasteiger partial charge in [-0.15, -0.1) is 0 Å². The number of benzene rings is 3. The number of carbonyl (C=O) groups excluding carboxylic acids is 1. The summed E-state index contributed by atoms with van der Waals surface area (Å²) in [7, 11) is -1.33. The lowest BCUT2D eigenvalue weighted by molar-refractivity contribution is -0.123. The van der Waals surface area contributed by atoms with Crippen molar-refractivity contribution in [3.63, 3.8) is 0 Å². The van der Waals surface area contributed by atoms with Crippen molar-refractivity contribution < 1.29 is 13.2 Å². The third-order valence-electron chi connectivity index (χ3n) is 5.50. The molecule has 0 aromatic heterocycles. The standard InChI is InChI=1S/C24H28N2O3S/c1-17(21-10-9-20-7-5-6-8-22(20)15-21)25-24(27)16-26(3)18(2)19-11-13-23(14-12-19)30(4,28)29/h5-15,17-18H,16H2,1-4H3,(H,25,27). The first-order chi connectivity index (χ1) is 14.1. The van der Waals surface area contributed by atoms with Crippen molar-refractivity contribution in [1.29, 1.82) is 0 Å². The van der Waals surface area contributed by atoms with E-state index in [1.807, 2.05) is 44.0 Å². The molecule has 0 aliphatic heterocycles. The molecule has 0 saturated heterocycles. The van der Waals surface area contributed by atoms with E-state index in [1.165, 1.54) is 11.6 Å². The van der Waals surface area contributed by atoms with Crippen molar-refractivity contribution in [3.8, 4) is 0 Å². The van der Waals surface area contributed by atoms with Crippen LogP contribution in [0.1, 0.15) is 37.1 Å². The average molecular weight is 425 g/mol. The van der Waals surface area contributed by atoms with E-state index in [2.05, 4.69) is 29.6 Å². The molecule has 6 heteroatoms. The summed E-state index contributed by atoms with van der Waals surface area (Å²) in [6.07, 6.45) is 1.19. The Labute approximate surface area is 178 Å². The van der Waals surface area contributed by atoms with Crippen LogP contribution in [0.4, 0.5) is 0 Å². The van der Waals surface area contributed by atoms with Crippen molar-refractivity contribution in [2.45, 2.75) is 30.8 Å². The lowest BCUT2D eigenvalue weighted by Crippen LogP contribution is -2.37. The van der Waals surface area contributed by atoms with Gasteiger partial charge in [-0.3, -0.25) is 9.69 Å². The SMILES string of the molecule is CC(NC(=O)CN(C)C(C)c1ccc(S(C)(=O)=O)cc1)c1ccc2ccccc2c1. The normalized spacial score (nSPS) is 13.9. The maximum Gasteiger partial charge on any atom is 0.234 e. The zero-order chi connectivity index (χ0) is 21.9. The molecule has 1 N–H and O–H groups in total. The van der Waals surface area contributed by atoms with Crippen molar-refractivity contribution in [2.24, 2.45) is 0 Å². The number of hydrogen-bond acceptors (Lipinski definition) is 4. The summed E-state index contributed by atoms with van der Waals surface area (Å²) in [5.74, 6) is -0.0576. The molecule has 0 bridgehead atoms. The van der Waals surface area contributed by atoms with Crippen molar-refractivity contribution in [3.05, 3.63) is 77.9 Å². The fourth-order valence-electron chi connectivity index (χ4n) is 3.46. The predicted molar refractivity (Wildman–Crippen MR) is 121 cm³/mol. The summed E-state index contributed by atoms with van der Waals surface area (Å²) < 4.78 is 23.2. The highest BCUT2D eigenvalue weighted by molar-refractivity contribution is 7.90. The second-order valence-corrected chi connectivity index (χ2v) is 9.84. The summed E-state index contributed by atoms with van der Waals surface area (Å²) in [5.41, 5.74) is 2.02. The number of rotatable bonds is 7. The number of nitrogens with one attached hydrogen (secondary N) is 1. The van der Waals surface area contributed by atoms with Crippen molar-refractivity contribution in [1.82, 2.24) is 10.2 Å². The van der Waals surface area contributed by atoms with Gasteiger partial charge in [-0.25, -0.2) is 8.42 Å². The molecule has 0 heterocycles. The van der Waals surface area contributed by atoms with Crippen LogP contribution in [0.15, 0.2) is 71.6 Å². The Hall–Kier alpha value is -2.70. The van der Waals surface area contributed by atoms with Crippen LogP contribution in [0.25, 0.3) is 10.8 Å². The van der Waals surface area contributed by atoms with Crippen LogP contribution in [-0.2, 0) is 14.6 Å². The highest BCUT2D eigenvalue weighted by atomic mass is 32.2. The van der Waals surface area contributed by atoms with Gasteiger partial charge in [0.2, 0.25) is 5.91 Å². The van der Waals surface area contributed by atoms with Gasteiger partial charge < -0.3 is 5.32 Å². The Balaban J connectivity index is 1.61. The van der Waals surface area contributed by atoms with E-state index in [1.54, 1.807) is 24.3 Å². The Morgan fingerprint density at radius 2 is 1.53 bits per heavy atom. The molecule has 30 heavy (non-hydrogen) atoms. The number of amides is 1. The third kappa shape index (κ3) is 5.26. The molecule has 0 spiro atoms. The van der Waals surface area contributed by atoms with Gasteiger partial charge in [0.05, 0.1) is 17.5 Å². The largest absolute Gasteiger partial charge is 0.348 e. The zero-order valence-corrected chi connectivity index (χ0v) is 18.6. The smallest absolute Gasteiger partial charge is 0.234 e. The summed E-state index contributed by atoms with van der Waals surface area (Å²) in [6.45, 7) is 4.22. The van der Waals surface area contributed by atoms with Crippen LogP contribution in [0, 0.1) is 0 Å². The molecule has 0 fully saturated rings. The number of fused-ring (bicyclic) bond motifs is 1. The minimum Gasteiger partial charge on any atom is -0.348 e. The number of carbonyl (C=O) groups is 1. The fraction of sp³-hybridized carbons (Fsp3) is 0.292. The minimum atomic E-state index is -3.22. The van der Waals surface area contributed by atoms with Crippen LogP contribution < -0.4 is 5.32 Å². The summed E-state index contributed by atoms with van der Waals surface area (Å²) >= 11 is 0. The molecular weight excluding hydrogens is 396 g/mol. The Morgan fingerprint density at radius 3 is 2.17 bits per heavy atom. The summed E-state index contributed by atoms with van der Waals surface area (Å²) in [4.78, 5) is 14.8. The molecule has 3 rings (SSSR count). The van der Waals surface area contributed by atoms with Crippen LogP contribution in [0.2, 0.25) is 0 Å². The van der Waals surface area contributed by atoms with E-state index in [0.29, 0.717) is 4.90 Å². The number of nitrogens with zero attached hydrogens (tertiary/aromatic N) is 1. The van der Waals surface area contributed by atoms with Gasteiger partial charge in [0, 0.05) is 12.3 Å². The highest BCUT2D eigenvalue weighted by Crippen LogP contribution is 2.22. The number of sulfone groups is 1. The van der Waals surface area contributed by atoms with E-state index in [-0.39, 0.29) is 24.5 Å². The van der Waals surface area contributed by atoms with Gasteiger partial charge in [0.1, 0.15) is 0 Å². The zero-order valence-electron chi connectivity index (χ0n) is 17.8. The second-order valence-electron chi connectivity index (χ2n) is 7.83. The van der Waals surface area contributed by atoms with Crippen LogP contribution in [0.3, 0.4) is 0 Å². The Bertz CT molecular complexity index is 1140. The fourth-order valence-corrected chi connectivity index (χ4v) is 4.09. The number of hydrogen-bond donors (Lipinski definition) is 1. The van der Waals surface area contributed by atoms with Crippen molar-refractivity contribution >= 4 is 26.5 Å². The third-order valence-corrected chi connectivity index (χ3v) is 6.62. The molecule has 2 atom stereocenters. The molecular formula is C24H28N2O3S. The topological polar surface area (TPSA) is 66.5 Å². The van der Waals surface area contributed by atoms with E-state index in [4.69, 9.17) is 0 Å². The highest BCUT2D eigenvalue weighted by Gasteiger charge is 2.17. The molecule has 3 aromatic rings. The molecule has 2 unspecified atom stereocenters. The molecule has 1 amide bonds. The average Bonchev–Trinajstić information content (AvgIpc) is 2.72. The van der Waals surface area contributed by atoms with Gasteiger partial charge in [-0.05, 0) is 61.0 Å². The Morgan fingerprint density at radius 1 is 0.933 bits per heavy atom. The lowest BCUT2D eigenvalue weighted by atomic mass is 10.0. The first kappa shape index (κ1) is 22.0.